The molecule has 114 valence electrons. The number of rotatable bonds is 1. The Balaban J connectivity index is 1.51. The van der Waals surface area contributed by atoms with Gasteiger partial charge >= 0.3 is 0 Å². The number of nitrogens with one attached hydrogen (secondary N) is 1. The molecule has 1 amide bonds. The van der Waals surface area contributed by atoms with Gasteiger partial charge in [-0.25, -0.2) is 4.98 Å². The molecule has 1 aromatic carbocycles. The van der Waals surface area contributed by atoms with Crippen LogP contribution in [-0.2, 0) is 0 Å². The summed E-state index contributed by atoms with van der Waals surface area (Å²) in [5, 5.41) is 3.45. The minimum Gasteiger partial charge on any atom is -0.337 e. The van der Waals surface area contributed by atoms with Gasteiger partial charge in [-0.3, -0.25) is 9.78 Å². The summed E-state index contributed by atoms with van der Waals surface area (Å²) in [6, 6.07) is 7.66. The molecule has 2 aliphatic heterocycles. The minimum atomic E-state index is 0.0130. The van der Waals surface area contributed by atoms with Gasteiger partial charge in [0.1, 0.15) is 5.69 Å². The average Bonchev–Trinajstić information content (AvgIpc) is 3.02. The number of benzene rings is 1. The number of likely N-dealkylation sites (tertiary alicyclic amines) is 1. The quantitative estimate of drug-likeness (QED) is 0.872. The fourth-order valence-corrected chi connectivity index (χ4v) is 3.63. The summed E-state index contributed by atoms with van der Waals surface area (Å²) in [7, 11) is 0. The molecule has 5 heteroatoms. The van der Waals surface area contributed by atoms with Crippen LogP contribution in [0.25, 0.3) is 11.0 Å². The SMILES string of the molecule is O=C(c1cnc2ccccc2n1)N1CCC2(CCNC2)CC1. The Labute approximate surface area is 129 Å². The second-order valence-corrected chi connectivity index (χ2v) is 6.46. The van der Waals surface area contributed by atoms with Crippen LogP contribution in [0.15, 0.2) is 30.5 Å². The molecule has 1 spiro atoms. The second kappa shape index (κ2) is 5.32. The van der Waals surface area contributed by atoms with Gasteiger partial charge in [0, 0.05) is 19.6 Å². The van der Waals surface area contributed by atoms with Crippen molar-refractivity contribution >= 4 is 16.9 Å². The molecule has 2 aliphatic rings. The summed E-state index contributed by atoms with van der Waals surface area (Å²) in [4.78, 5) is 23.4. The zero-order chi connectivity index (χ0) is 15.0. The van der Waals surface area contributed by atoms with E-state index in [1.165, 1.54) is 6.42 Å². The largest absolute Gasteiger partial charge is 0.337 e. The number of carbonyl (C=O) groups excluding carboxylic acids is 1. The van der Waals surface area contributed by atoms with E-state index in [1.54, 1.807) is 6.20 Å². The maximum Gasteiger partial charge on any atom is 0.274 e. The highest BCUT2D eigenvalue weighted by Crippen LogP contribution is 2.37. The van der Waals surface area contributed by atoms with E-state index in [1.807, 2.05) is 29.2 Å². The van der Waals surface area contributed by atoms with Crippen LogP contribution in [0.1, 0.15) is 29.8 Å². The molecule has 3 heterocycles. The number of amides is 1. The van der Waals surface area contributed by atoms with E-state index >= 15 is 0 Å². The first kappa shape index (κ1) is 13.6. The van der Waals surface area contributed by atoms with Crippen LogP contribution in [0.2, 0.25) is 0 Å². The minimum absolute atomic E-state index is 0.0130. The van der Waals surface area contributed by atoms with Gasteiger partial charge in [0.15, 0.2) is 0 Å². The lowest BCUT2D eigenvalue weighted by Crippen LogP contribution is -2.44. The Morgan fingerprint density at radius 2 is 1.91 bits per heavy atom. The van der Waals surface area contributed by atoms with Crippen LogP contribution in [-0.4, -0.2) is 47.0 Å². The number of hydrogen-bond donors (Lipinski definition) is 1. The van der Waals surface area contributed by atoms with Crippen molar-refractivity contribution in [2.45, 2.75) is 19.3 Å². The van der Waals surface area contributed by atoms with Gasteiger partial charge in [-0.15, -0.1) is 0 Å². The Morgan fingerprint density at radius 3 is 2.64 bits per heavy atom. The molecule has 0 bridgehead atoms. The molecule has 2 aromatic rings. The maximum absolute atomic E-state index is 12.7. The third-order valence-corrected chi connectivity index (χ3v) is 5.11. The van der Waals surface area contributed by atoms with Crippen molar-refractivity contribution in [1.82, 2.24) is 20.2 Å². The summed E-state index contributed by atoms with van der Waals surface area (Å²) < 4.78 is 0. The van der Waals surface area contributed by atoms with Crippen LogP contribution in [0, 0.1) is 5.41 Å². The Bertz CT molecular complexity index is 699. The predicted molar refractivity (Wildman–Crippen MR) is 84.6 cm³/mol. The average molecular weight is 296 g/mol. The van der Waals surface area contributed by atoms with Crippen LogP contribution in [0.3, 0.4) is 0 Å². The van der Waals surface area contributed by atoms with Gasteiger partial charge in [-0.05, 0) is 43.4 Å². The molecule has 0 unspecified atom stereocenters. The molecule has 1 aromatic heterocycles. The van der Waals surface area contributed by atoms with Gasteiger partial charge in [0.25, 0.3) is 5.91 Å². The molecule has 22 heavy (non-hydrogen) atoms. The lowest BCUT2D eigenvalue weighted by Gasteiger charge is -2.38. The summed E-state index contributed by atoms with van der Waals surface area (Å²) in [6.45, 7) is 3.87. The van der Waals surface area contributed by atoms with E-state index in [-0.39, 0.29) is 5.91 Å². The zero-order valence-electron chi connectivity index (χ0n) is 12.6. The van der Waals surface area contributed by atoms with Gasteiger partial charge in [-0.2, -0.15) is 0 Å². The number of para-hydroxylation sites is 2. The third-order valence-electron chi connectivity index (χ3n) is 5.11. The van der Waals surface area contributed by atoms with E-state index in [0.717, 1.165) is 50.1 Å². The molecule has 1 N–H and O–H groups in total. The Hall–Kier alpha value is -2.01. The highest BCUT2D eigenvalue weighted by atomic mass is 16.2. The highest BCUT2D eigenvalue weighted by molar-refractivity contribution is 5.93. The molecule has 0 saturated carbocycles. The lowest BCUT2D eigenvalue weighted by molar-refractivity contribution is 0.0602. The fourth-order valence-electron chi connectivity index (χ4n) is 3.63. The van der Waals surface area contributed by atoms with Crippen molar-refractivity contribution in [2.75, 3.05) is 26.2 Å². The summed E-state index contributed by atoms with van der Waals surface area (Å²) in [5.74, 6) is 0.0130. The number of piperidine rings is 1. The number of nitrogens with zero attached hydrogens (tertiary/aromatic N) is 3. The van der Waals surface area contributed by atoms with E-state index in [9.17, 15) is 4.79 Å². The Kier molecular flexibility index (Phi) is 3.30. The molecule has 0 aliphatic carbocycles. The van der Waals surface area contributed by atoms with Crippen molar-refractivity contribution in [2.24, 2.45) is 5.41 Å². The summed E-state index contributed by atoms with van der Waals surface area (Å²) >= 11 is 0. The zero-order valence-corrected chi connectivity index (χ0v) is 12.6. The molecule has 5 nitrogen and oxygen atoms in total. The monoisotopic (exact) mass is 296 g/mol. The van der Waals surface area contributed by atoms with Crippen molar-refractivity contribution < 1.29 is 4.79 Å². The maximum atomic E-state index is 12.7. The molecular weight excluding hydrogens is 276 g/mol. The lowest BCUT2D eigenvalue weighted by atomic mass is 9.78. The molecule has 2 fully saturated rings. The summed E-state index contributed by atoms with van der Waals surface area (Å²) in [5.41, 5.74) is 2.49. The van der Waals surface area contributed by atoms with E-state index in [0.29, 0.717) is 11.1 Å². The van der Waals surface area contributed by atoms with Crippen LogP contribution >= 0.6 is 0 Å². The van der Waals surface area contributed by atoms with Crippen LogP contribution in [0.4, 0.5) is 0 Å². The standard InChI is InChI=1S/C17H20N4O/c22-16(15-11-19-13-3-1-2-4-14(13)20-15)21-9-6-17(7-10-21)5-8-18-12-17/h1-4,11,18H,5-10,12H2. The summed E-state index contributed by atoms with van der Waals surface area (Å²) in [6.07, 6.45) is 5.02. The predicted octanol–water partition coefficient (Wildman–Crippen LogP) is 1.85. The topological polar surface area (TPSA) is 58.1 Å². The van der Waals surface area contributed by atoms with Crippen molar-refractivity contribution in [1.29, 1.82) is 0 Å². The number of aromatic nitrogens is 2. The van der Waals surface area contributed by atoms with Gasteiger partial charge in [0.05, 0.1) is 17.2 Å². The normalized spacial score (nSPS) is 20.6. The van der Waals surface area contributed by atoms with Gasteiger partial charge < -0.3 is 10.2 Å². The third kappa shape index (κ3) is 2.35. The molecular formula is C17H20N4O. The van der Waals surface area contributed by atoms with Gasteiger partial charge in [-0.1, -0.05) is 12.1 Å². The molecule has 4 rings (SSSR count). The van der Waals surface area contributed by atoms with E-state index in [2.05, 4.69) is 15.3 Å². The van der Waals surface area contributed by atoms with Crippen molar-refractivity contribution in [3.63, 3.8) is 0 Å². The first-order valence-electron chi connectivity index (χ1n) is 7.98. The number of hydrogen-bond acceptors (Lipinski definition) is 4. The molecule has 0 radical (unpaired) electrons. The van der Waals surface area contributed by atoms with Crippen molar-refractivity contribution in [3.8, 4) is 0 Å². The highest BCUT2D eigenvalue weighted by Gasteiger charge is 2.38. The number of fused-ring (bicyclic) bond motifs is 1. The van der Waals surface area contributed by atoms with Gasteiger partial charge in [0.2, 0.25) is 0 Å². The number of carbonyl (C=O) groups is 1. The van der Waals surface area contributed by atoms with Crippen LogP contribution < -0.4 is 5.32 Å². The van der Waals surface area contributed by atoms with Crippen LogP contribution in [0.5, 0.6) is 0 Å². The van der Waals surface area contributed by atoms with E-state index < -0.39 is 0 Å². The molecule has 0 atom stereocenters. The Morgan fingerprint density at radius 1 is 1.14 bits per heavy atom. The fraction of sp³-hybridized carbons (Fsp3) is 0.471. The second-order valence-electron chi connectivity index (χ2n) is 6.46. The first-order valence-corrected chi connectivity index (χ1v) is 7.98. The molecule has 2 saturated heterocycles. The van der Waals surface area contributed by atoms with Crippen molar-refractivity contribution in [3.05, 3.63) is 36.2 Å². The van der Waals surface area contributed by atoms with E-state index in [4.69, 9.17) is 0 Å². The smallest absolute Gasteiger partial charge is 0.274 e. The first-order chi connectivity index (χ1) is 10.8.